The zero-order valence-electron chi connectivity index (χ0n) is 10.2. The Hall–Kier alpha value is -2.17. The van der Waals surface area contributed by atoms with Crippen molar-refractivity contribution in [1.82, 2.24) is 4.98 Å². The summed E-state index contributed by atoms with van der Waals surface area (Å²) in [6.07, 6.45) is 1.15. The predicted octanol–water partition coefficient (Wildman–Crippen LogP) is 0.800. The van der Waals surface area contributed by atoms with Gasteiger partial charge in [-0.25, -0.2) is 4.79 Å². The third kappa shape index (κ3) is 4.19. The van der Waals surface area contributed by atoms with Gasteiger partial charge in [-0.15, -0.1) is 0 Å². The minimum absolute atomic E-state index is 0. The van der Waals surface area contributed by atoms with Gasteiger partial charge in [0.1, 0.15) is 6.61 Å². The maximum absolute atomic E-state index is 11.7. The quantitative estimate of drug-likeness (QED) is 0.615. The Bertz CT molecular complexity index is 584. The molecule has 0 aliphatic carbocycles. The topological polar surface area (TPSA) is 79.3 Å². The van der Waals surface area contributed by atoms with Gasteiger partial charge < -0.3 is 14.6 Å². The normalized spacial score (nSPS) is 9.40. The van der Waals surface area contributed by atoms with E-state index in [2.05, 4.69) is 4.98 Å². The number of hydrogen-bond donors (Lipinski definition) is 0. The Labute approximate surface area is 126 Å². The first-order valence-electron chi connectivity index (χ1n) is 5.55. The molecule has 1 heterocycles. The molecule has 0 amide bonds. The largest absolute Gasteiger partial charge is 2.00 e. The summed E-state index contributed by atoms with van der Waals surface area (Å²) in [5.74, 6) is -1.94. The molecule has 0 atom stereocenters. The average Bonchev–Trinajstić information content (AvgIpc) is 2.46. The van der Waals surface area contributed by atoms with Crippen LogP contribution in [-0.2, 0) is 28.4 Å². The second-order valence-corrected chi connectivity index (χ2v) is 3.78. The van der Waals surface area contributed by atoms with E-state index in [4.69, 9.17) is 4.74 Å². The number of benzene rings is 1. The van der Waals surface area contributed by atoms with Crippen molar-refractivity contribution < 1.29 is 36.5 Å². The van der Waals surface area contributed by atoms with Crippen LogP contribution in [0.1, 0.15) is 26.4 Å². The summed E-state index contributed by atoms with van der Waals surface area (Å²) in [6, 6.07) is 11.8. The van der Waals surface area contributed by atoms with Crippen molar-refractivity contribution in [3.8, 4) is 0 Å². The van der Waals surface area contributed by atoms with E-state index in [-0.39, 0.29) is 34.9 Å². The van der Waals surface area contributed by atoms with Crippen molar-refractivity contribution in [1.29, 1.82) is 0 Å². The molecule has 0 aliphatic heterocycles. The molecule has 1 aromatic carbocycles. The summed E-state index contributed by atoms with van der Waals surface area (Å²) in [4.78, 5) is 25.8. The number of carbonyl (C=O) groups is 2. The van der Waals surface area contributed by atoms with E-state index in [1.54, 1.807) is 0 Å². The first-order valence-corrected chi connectivity index (χ1v) is 5.55. The van der Waals surface area contributed by atoms with Crippen LogP contribution >= 0.6 is 0 Å². The molecule has 1 aromatic heterocycles. The molecule has 0 bridgehead atoms. The van der Waals surface area contributed by atoms with Crippen LogP contribution in [0.15, 0.2) is 48.7 Å². The minimum Gasteiger partial charge on any atom is -0.543 e. The van der Waals surface area contributed by atoms with E-state index in [0.29, 0.717) is 0 Å². The maximum Gasteiger partial charge on any atom is 2.00 e. The van der Waals surface area contributed by atoms with Gasteiger partial charge in [-0.05, 0) is 17.7 Å². The van der Waals surface area contributed by atoms with Crippen molar-refractivity contribution in [2.24, 2.45) is 0 Å². The molecule has 0 saturated carbocycles. The van der Waals surface area contributed by atoms with Crippen molar-refractivity contribution in [2.45, 2.75) is 6.61 Å². The van der Waals surface area contributed by atoms with Gasteiger partial charge in [0, 0.05) is 6.20 Å². The molecule has 2 rings (SSSR count). The monoisotopic (exact) mass is 319 g/mol. The molecule has 2 aromatic rings. The molecule has 0 unspecified atom stereocenters. The fraction of sp³-hybridized carbons (Fsp3) is 0.0714. The smallest absolute Gasteiger partial charge is 0.543 e. The van der Waals surface area contributed by atoms with Crippen molar-refractivity contribution >= 4 is 11.9 Å². The van der Waals surface area contributed by atoms with Crippen LogP contribution in [0.3, 0.4) is 0 Å². The maximum atomic E-state index is 11.7. The molecule has 0 N–H and O–H groups in total. The minimum atomic E-state index is -1.38. The molecule has 0 spiro atoms. The number of nitrogens with zero attached hydrogens (tertiary/aromatic N) is 1. The Balaban J connectivity index is 0.00000200. The molecule has 1 radical (unpaired) electrons. The first-order chi connectivity index (χ1) is 9.16. The van der Waals surface area contributed by atoms with Crippen molar-refractivity contribution in [3.05, 3.63) is 65.5 Å². The summed E-state index contributed by atoms with van der Waals surface area (Å²) >= 11 is 0. The number of aromatic carboxylic acids is 1. The van der Waals surface area contributed by atoms with Gasteiger partial charge in [0.25, 0.3) is 0 Å². The van der Waals surface area contributed by atoms with E-state index in [1.807, 2.05) is 30.3 Å². The van der Waals surface area contributed by atoms with Crippen LogP contribution in [-0.4, -0.2) is 16.9 Å². The Kier molecular flexibility index (Phi) is 5.90. The molecule has 20 heavy (non-hydrogen) atoms. The SMILES string of the molecule is O=C(OCc1ccccc1)c1ccc(C(=O)[O-])nc1.[Cu+2]. The van der Waals surface area contributed by atoms with Crippen LogP contribution in [0.2, 0.25) is 0 Å². The number of carboxylic acid groups (broad SMARTS) is 1. The van der Waals surface area contributed by atoms with E-state index < -0.39 is 11.9 Å². The Morgan fingerprint density at radius 2 is 1.80 bits per heavy atom. The van der Waals surface area contributed by atoms with Gasteiger partial charge in [0.05, 0.1) is 17.2 Å². The van der Waals surface area contributed by atoms with Crippen molar-refractivity contribution in [3.63, 3.8) is 0 Å². The van der Waals surface area contributed by atoms with Gasteiger partial charge in [-0.2, -0.15) is 0 Å². The number of pyridine rings is 1. The molecular formula is C14H10CuNO4+. The zero-order valence-corrected chi connectivity index (χ0v) is 11.1. The standard InChI is InChI=1S/C14H11NO4.Cu/c16-13(17)12-7-6-11(8-15-12)14(18)19-9-10-4-2-1-3-5-10;/h1-8H,9H2,(H,16,17);/q;+2/p-1. The van der Waals surface area contributed by atoms with E-state index >= 15 is 0 Å². The Morgan fingerprint density at radius 3 is 2.35 bits per heavy atom. The third-order valence-electron chi connectivity index (χ3n) is 2.42. The van der Waals surface area contributed by atoms with Crippen LogP contribution in [0.25, 0.3) is 0 Å². The number of aromatic nitrogens is 1. The Morgan fingerprint density at radius 1 is 1.10 bits per heavy atom. The average molecular weight is 320 g/mol. The van der Waals surface area contributed by atoms with Gasteiger partial charge >= 0.3 is 23.0 Å². The number of ether oxygens (including phenoxy) is 1. The number of esters is 1. The number of rotatable bonds is 4. The van der Waals surface area contributed by atoms with Crippen LogP contribution < -0.4 is 5.11 Å². The second kappa shape index (κ2) is 7.43. The first kappa shape index (κ1) is 15.9. The molecular weight excluding hydrogens is 310 g/mol. The molecule has 6 heteroatoms. The van der Waals surface area contributed by atoms with Gasteiger partial charge in [0.2, 0.25) is 0 Å². The fourth-order valence-corrected chi connectivity index (χ4v) is 1.44. The molecule has 105 valence electrons. The number of carbonyl (C=O) groups excluding carboxylic acids is 2. The third-order valence-corrected chi connectivity index (χ3v) is 2.42. The van der Waals surface area contributed by atoms with Crippen LogP contribution in [0.5, 0.6) is 0 Å². The molecule has 0 fully saturated rings. The fourth-order valence-electron chi connectivity index (χ4n) is 1.44. The molecule has 5 nitrogen and oxygen atoms in total. The summed E-state index contributed by atoms with van der Waals surface area (Å²) in [6.45, 7) is 0.155. The summed E-state index contributed by atoms with van der Waals surface area (Å²) < 4.78 is 5.07. The van der Waals surface area contributed by atoms with Gasteiger partial charge in [-0.3, -0.25) is 4.98 Å². The van der Waals surface area contributed by atoms with Crippen LogP contribution in [0, 0.1) is 0 Å². The number of carboxylic acids is 1. The van der Waals surface area contributed by atoms with Gasteiger partial charge in [0.15, 0.2) is 0 Å². The van der Waals surface area contributed by atoms with E-state index in [1.165, 1.54) is 12.1 Å². The van der Waals surface area contributed by atoms with Gasteiger partial charge in [-0.1, -0.05) is 30.3 Å². The molecule has 0 saturated heterocycles. The predicted molar refractivity (Wildman–Crippen MR) is 64.1 cm³/mol. The zero-order chi connectivity index (χ0) is 13.7. The second-order valence-electron chi connectivity index (χ2n) is 3.78. The summed E-state index contributed by atoms with van der Waals surface area (Å²) in [5, 5.41) is 10.5. The number of hydrogen-bond acceptors (Lipinski definition) is 5. The molecule has 0 aliphatic rings. The summed E-state index contributed by atoms with van der Waals surface area (Å²) in [5.41, 5.74) is 0.843. The van der Waals surface area contributed by atoms with Crippen LogP contribution in [0.4, 0.5) is 0 Å². The van der Waals surface area contributed by atoms with Crippen molar-refractivity contribution in [2.75, 3.05) is 0 Å². The van der Waals surface area contributed by atoms with E-state index in [0.717, 1.165) is 11.8 Å². The van der Waals surface area contributed by atoms with E-state index in [9.17, 15) is 14.7 Å². The summed E-state index contributed by atoms with van der Waals surface area (Å²) in [7, 11) is 0.